The van der Waals surface area contributed by atoms with E-state index in [4.69, 9.17) is 5.11 Å². The lowest BCUT2D eigenvalue weighted by Crippen LogP contribution is -2.27. The number of rotatable bonds is 24. The van der Waals surface area contributed by atoms with E-state index >= 15 is 0 Å². The van der Waals surface area contributed by atoms with E-state index in [2.05, 4.69) is 85.2 Å². The number of aromatic carboxylic acids is 1. The Morgan fingerprint density at radius 3 is 1.88 bits per heavy atom. The largest absolute Gasteiger partial charge is 0.507 e. The van der Waals surface area contributed by atoms with Crippen LogP contribution in [-0.2, 0) is 16.0 Å². The third kappa shape index (κ3) is 22.3. The van der Waals surface area contributed by atoms with E-state index in [1.165, 1.54) is 33.7 Å². The predicted octanol–water partition coefficient (Wildman–Crippen LogP) is 8.13. The number of aromatic hydroxyl groups is 1. The van der Waals surface area contributed by atoms with Crippen molar-refractivity contribution in [1.29, 1.82) is 0 Å². The Bertz CT molecular complexity index is 1140. The van der Waals surface area contributed by atoms with Crippen LogP contribution in [0.25, 0.3) is 0 Å². The molecule has 0 radical (unpaired) electrons. The van der Waals surface area contributed by atoms with Crippen LogP contribution in [-0.4, -0.2) is 57.4 Å². The number of benzene rings is 1. The predicted molar refractivity (Wildman–Crippen MR) is 187 cm³/mol. The zero-order chi connectivity index (χ0) is 31.4. The minimum Gasteiger partial charge on any atom is -0.507 e. The van der Waals surface area contributed by atoms with Crippen molar-refractivity contribution in [3.8, 4) is 5.75 Å². The van der Waals surface area contributed by atoms with Gasteiger partial charge in [0.25, 0.3) is 0 Å². The van der Waals surface area contributed by atoms with Gasteiger partial charge >= 0.3 is 5.97 Å². The molecule has 0 spiro atoms. The average molecular weight is 644 g/mol. The van der Waals surface area contributed by atoms with Gasteiger partial charge in [0, 0.05) is 24.5 Å². The highest BCUT2D eigenvalue weighted by Gasteiger charge is 2.12. The molecule has 3 N–H and O–H groups in total. The molecule has 0 saturated heterocycles. The number of carboxylic acids is 1. The van der Waals surface area contributed by atoms with Gasteiger partial charge in [-0.2, -0.15) is 0 Å². The lowest BCUT2D eigenvalue weighted by molar-refractivity contribution is -0.118. The van der Waals surface area contributed by atoms with Crippen LogP contribution in [0.3, 0.4) is 0 Å². The molecule has 1 rings (SSSR count). The quantitative estimate of drug-likeness (QED) is 0.0590. The van der Waals surface area contributed by atoms with E-state index < -0.39 is 5.97 Å². The molecular weight excluding hydrogens is 599 g/mol. The van der Waals surface area contributed by atoms with E-state index in [0.717, 1.165) is 44.3 Å². The number of ketones is 1. The molecule has 6 nitrogen and oxygen atoms in total. The van der Waals surface area contributed by atoms with Crippen LogP contribution in [0.4, 0.5) is 0 Å². The van der Waals surface area contributed by atoms with Crippen molar-refractivity contribution in [2.45, 2.75) is 51.9 Å². The zero-order valence-corrected chi connectivity index (χ0v) is 27.4. The summed E-state index contributed by atoms with van der Waals surface area (Å²) in [5.41, 5.74) is 0.346. The number of Topliss-reactive ketones (excluding diaryl/α,β-unsaturated/α-hetero) is 1. The number of carboxylic acid groups (broad SMARTS) is 1. The summed E-state index contributed by atoms with van der Waals surface area (Å²) in [6.07, 6.45) is 32.0. The van der Waals surface area contributed by atoms with Gasteiger partial charge in [-0.1, -0.05) is 107 Å². The topological polar surface area (TPSA) is 104 Å². The van der Waals surface area contributed by atoms with Crippen molar-refractivity contribution in [3.63, 3.8) is 0 Å². The van der Waals surface area contributed by atoms with Crippen molar-refractivity contribution in [2.75, 3.05) is 29.6 Å². The molecule has 0 aliphatic carbocycles. The zero-order valence-electron chi connectivity index (χ0n) is 25.0. The first-order valence-corrected chi connectivity index (χ1v) is 18.1. The van der Waals surface area contributed by atoms with Gasteiger partial charge in [0.1, 0.15) is 17.1 Å². The fraction of sp³-hybridized carbons (Fsp3) is 0.382. The molecule has 0 unspecified atom stereocenters. The first-order valence-electron chi connectivity index (χ1n) is 14.5. The molecule has 0 aliphatic heterocycles. The van der Waals surface area contributed by atoms with Crippen molar-refractivity contribution in [1.82, 2.24) is 5.32 Å². The number of allylic oxidation sites excluding steroid dienone is 11. The van der Waals surface area contributed by atoms with Gasteiger partial charge in [0.15, 0.2) is 0 Å². The summed E-state index contributed by atoms with van der Waals surface area (Å²) in [7, 11) is 2.92. The normalized spacial score (nSPS) is 12.2. The minimum absolute atomic E-state index is 0.000492. The summed E-state index contributed by atoms with van der Waals surface area (Å²) < 4.78 is 0. The minimum atomic E-state index is -1.23. The smallest absolute Gasteiger partial charge is 0.339 e. The van der Waals surface area contributed by atoms with Gasteiger partial charge in [-0.05, 0) is 56.2 Å². The molecule has 43 heavy (non-hydrogen) atoms. The summed E-state index contributed by atoms with van der Waals surface area (Å²) in [6, 6.07) is 4.16. The fourth-order valence-electron chi connectivity index (χ4n) is 3.40. The molecule has 0 aromatic heterocycles. The summed E-state index contributed by atoms with van der Waals surface area (Å²) >= 11 is 1.57. The lowest BCUT2D eigenvalue weighted by Gasteiger charge is -2.05. The van der Waals surface area contributed by atoms with Gasteiger partial charge in [-0.3, -0.25) is 9.59 Å². The number of amides is 1. The Balaban J connectivity index is 1.98. The van der Waals surface area contributed by atoms with Gasteiger partial charge in [0.2, 0.25) is 5.91 Å². The fourth-order valence-corrected chi connectivity index (χ4v) is 5.95. The van der Waals surface area contributed by atoms with Gasteiger partial charge in [0.05, 0.1) is 11.5 Å². The van der Waals surface area contributed by atoms with Gasteiger partial charge < -0.3 is 15.5 Å². The van der Waals surface area contributed by atoms with Crippen LogP contribution in [0.15, 0.2) is 91.1 Å². The summed E-state index contributed by atoms with van der Waals surface area (Å²) in [5.74, 6) is 0.586. The standard InChI is InChI=1S/C34H45NO5S3/c1-2-3-4-5-6-7-8-9-10-11-12-13-14-15-16-17-18-19-23-41-28-33(38)35-22-24-42-43-27-30(36)25-29-20-21-32(37)31(26-29)34(39)40/h3-4,6-7,9-10,12-13,15-16,18-21,26,37H,2,5,8,11,14,17,22-25,27-28H2,1H3,(H,35,38)(H,39,40)/b4-3-,7-6-,10-9-,13-12-,16-15-,19-18-. The summed E-state index contributed by atoms with van der Waals surface area (Å²) in [4.78, 5) is 35.2. The Morgan fingerprint density at radius 1 is 0.767 bits per heavy atom. The maximum Gasteiger partial charge on any atom is 0.339 e. The Hall–Kier alpha value is -2.88. The Labute approximate surface area is 269 Å². The van der Waals surface area contributed by atoms with Crippen LogP contribution >= 0.6 is 33.3 Å². The average Bonchev–Trinajstić information content (AvgIpc) is 2.98. The van der Waals surface area contributed by atoms with Gasteiger partial charge in [-0.25, -0.2) is 4.79 Å². The molecule has 0 heterocycles. The monoisotopic (exact) mass is 643 g/mol. The first-order chi connectivity index (χ1) is 20.9. The van der Waals surface area contributed by atoms with Crippen LogP contribution in [0.5, 0.6) is 5.75 Å². The lowest BCUT2D eigenvalue weighted by atomic mass is 10.1. The molecule has 9 heteroatoms. The number of hydrogen-bond acceptors (Lipinski definition) is 7. The van der Waals surface area contributed by atoms with E-state index in [1.807, 2.05) is 0 Å². The van der Waals surface area contributed by atoms with Gasteiger partial charge in [-0.15, -0.1) is 11.8 Å². The molecular formula is C34H45NO5S3. The third-order valence-electron chi connectivity index (χ3n) is 5.55. The molecule has 234 valence electrons. The second kappa shape index (κ2) is 26.7. The number of thioether (sulfide) groups is 1. The molecule has 1 aromatic rings. The maximum absolute atomic E-state index is 12.1. The molecule has 0 atom stereocenters. The second-order valence-electron chi connectivity index (χ2n) is 9.24. The SMILES string of the molecule is CC/C=C\C/C=C\C/C=C\C/C=C\C/C=C\C/C=C\CSCC(=O)NCCSSCC(=O)Cc1ccc(O)c(C(=O)O)c1. The number of carbonyl (C=O) groups excluding carboxylic acids is 2. The van der Waals surface area contributed by atoms with Crippen LogP contribution in [0.1, 0.15) is 61.4 Å². The highest BCUT2D eigenvalue weighted by Crippen LogP contribution is 2.22. The van der Waals surface area contributed by atoms with E-state index in [1.54, 1.807) is 17.8 Å². The number of carbonyl (C=O) groups is 3. The molecule has 1 aromatic carbocycles. The molecule has 0 aliphatic rings. The highest BCUT2D eigenvalue weighted by atomic mass is 33.1. The van der Waals surface area contributed by atoms with Crippen molar-refractivity contribution in [3.05, 3.63) is 102 Å². The second-order valence-corrected chi connectivity index (χ2v) is 12.8. The Kier molecular flexibility index (Phi) is 23.7. The van der Waals surface area contributed by atoms with E-state index in [-0.39, 0.29) is 35.2 Å². The first kappa shape index (κ1) is 38.1. The number of hydrogen-bond donors (Lipinski definition) is 3. The van der Waals surface area contributed by atoms with Crippen molar-refractivity contribution >= 4 is 51.0 Å². The maximum atomic E-state index is 12.1. The summed E-state index contributed by atoms with van der Waals surface area (Å²) in [5, 5.41) is 21.5. The van der Waals surface area contributed by atoms with Crippen LogP contribution in [0, 0.1) is 0 Å². The number of phenols is 1. The van der Waals surface area contributed by atoms with Crippen molar-refractivity contribution in [2.24, 2.45) is 0 Å². The van der Waals surface area contributed by atoms with E-state index in [0.29, 0.717) is 23.6 Å². The van der Waals surface area contributed by atoms with Crippen LogP contribution in [0.2, 0.25) is 0 Å². The Morgan fingerprint density at radius 2 is 1.33 bits per heavy atom. The van der Waals surface area contributed by atoms with Crippen LogP contribution < -0.4 is 5.32 Å². The molecule has 0 bridgehead atoms. The highest BCUT2D eigenvalue weighted by molar-refractivity contribution is 8.76. The summed E-state index contributed by atoms with van der Waals surface area (Å²) in [6.45, 7) is 2.68. The molecule has 1 amide bonds. The molecule has 0 fully saturated rings. The molecule has 0 saturated carbocycles. The van der Waals surface area contributed by atoms with E-state index in [9.17, 15) is 19.5 Å². The third-order valence-corrected chi connectivity index (χ3v) is 8.77. The van der Waals surface area contributed by atoms with Crippen molar-refractivity contribution < 1.29 is 24.6 Å². The number of nitrogens with one attached hydrogen (secondary N) is 1.